The van der Waals surface area contributed by atoms with Gasteiger partial charge in [-0.2, -0.15) is 0 Å². The first-order valence-corrected chi connectivity index (χ1v) is 11.2. The van der Waals surface area contributed by atoms with Gasteiger partial charge in [-0.1, -0.05) is 56.5 Å². The van der Waals surface area contributed by atoms with Crippen molar-refractivity contribution in [2.24, 2.45) is 0 Å². The van der Waals surface area contributed by atoms with Crippen LogP contribution in [-0.4, -0.2) is 41.7 Å². The molecule has 1 aromatic carbocycles. The first-order valence-electron chi connectivity index (χ1n) is 9.52. The molecule has 0 bridgehead atoms. The van der Waals surface area contributed by atoms with Crippen molar-refractivity contribution in [3.8, 4) is 0 Å². The highest BCUT2D eigenvalue weighted by Crippen LogP contribution is 2.24. The Bertz CT molecular complexity index is 809. The third kappa shape index (κ3) is 4.35. The van der Waals surface area contributed by atoms with Crippen molar-refractivity contribution in [1.29, 1.82) is 0 Å². The minimum absolute atomic E-state index is 0.0662. The fraction of sp³-hybridized carbons (Fsp3) is 0.550. The SMILES string of the molecule is CCS(=O)(=O)c1ncc(CN(C)C2CCCCC2)n1Cc1ccccc1. The second-order valence-corrected chi connectivity index (χ2v) is 9.39. The Morgan fingerprint density at radius 1 is 1.15 bits per heavy atom. The molecule has 1 heterocycles. The van der Waals surface area contributed by atoms with Crippen LogP contribution in [0.3, 0.4) is 0 Å². The standard InChI is InChI=1S/C20H29N3O2S/c1-3-26(24,25)20-21-14-19(16-22(2)18-12-8-5-9-13-18)23(20)15-17-10-6-4-7-11-17/h4,6-7,10-11,14,18H,3,5,8-9,12-13,15-16H2,1-2H3. The Hall–Kier alpha value is -1.66. The Morgan fingerprint density at radius 3 is 2.50 bits per heavy atom. The predicted molar refractivity (Wildman–Crippen MR) is 104 cm³/mol. The summed E-state index contributed by atoms with van der Waals surface area (Å²) in [4.78, 5) is 6.66. The molecule has 0 unspecified atom stereocenters. The molecule has 0 radical (unpaired) electrons. The van der Waals surface area contributed by atoms with Gasteiger partial charge in [0.05, 0.1) is 24.2 Å². The average Bonchev–Trinajstić information content (AvgIpc) is 3.06. The molecule has 26 heavy (non-hydrogen) atoms. The summed E-state index contributed by atoms with van der Waals surface area (Å²) in [5, 5.41) is 0.191. The normalized spacial score (nSPS) is 16.3. The number of aromatic nitrogens is 2. The zero-order valence-corrected chi connectivity index (χ0v) is 16.6. The molecule has 1 aliphatic rings. The van der Waals surface area contributed by atoms with Crippen molar-refractivity contribution < 1.29 is 8.42 Å². The topological polar surface area (TPSA) is 55.2 Å². The molecule has 1 aliphatic carbocycles. The third-order valence-corrected chi connectivity index (χ3v) is 6.99. The van der Waals surface area contributed by atoms with Gasteiger partial charge in [0.25, 0.3) is 0 Å². The lowest BCUT2D eigenvalue weighted by Gasteiger charge is -2.31. The van der Waals surface area contributed by atoms with Gasteiger partial charge in [0.1, 0.15) is 0 Å². The molecule has 1 aromatic heterocycles. The zero-order chi connectivity index (χ0) is 18.6. The summed E-state index contributed by atoms with van der Waals surface area (Å²) < 4.78 is 26.9. The number of hydrogen-bond donors (Lipinski definition) is 0. The quantitative estimate of drug-likeness (QED) is 0.743. The number of hydrogen-bond acceptors (Lipinski definition) is 4. The van der Waals surface area contributed by atoms with Gasteiger partial charge in [-0.05, 0) is 25.5 Å². The van der Waals surface area contributed by atoms with Crippen molar-refractivity contribution in [3.63, 3.8) is 0 Å². The first-order chi connectivity index (χ1) is 12.5. The molecule has 1 fully saturated rings. The van der Waals surface area contributed by atoms with Crippen molar-refractivity contribution in [2.75, 3.05) is 12.8 Å². The van der Waals surface area contributed by atoms with E-state index in [0.717, 1.165) is 17.8 Å². The lowest BCUT2D eigenvalue weighted by Crippen LogP contribution is -2.33. The Balaban J connectivity index is 1.89. The number of nitrogens with zero attached hydrogens (tertiary/aromatic N) is 3. The summed E-state index contributed by atoms with van der Waals surface area (Å²) >= 11 is 0. The third-order valence-electron chi connectivity index (χ3n) is 5.35. The van der Waals surface area contributed by atoms with Crippen LogP contribution in [0.2, 0.25) is 0 Å². The lowest BCUT2D eigenvalue weighted by molar-refractivity contribution is 0.180. The summed E-state index contributed by atoms with van der Waals surface area (Å²) in [7, 11) is -1.21. The number of rotatable bonds is 7. The molecule has 0 amide bonds. The monoisotopic (exact) mass is 375 g/mol. The zero-order valence-electron chi connectivity index (χ0n) is 15.8. The van der Waals surface area contributed by atoms with E-state index in [1.165, 1.54) is 32.1 Å². The highest BCUT2D eigenvalue weighted by Gasteiger charge is 2.24. The largest absolute Gasteiger partial charge is 0.313 e. The van der Waals surface area contributed by atoms with E-state index in [1.54, 1.807) is 13.1 Å². The van der Waals surface area contributed by atoms with Crippen LogP contribution in [0.5, 0.6) is 0 Å². The summed E-state index contributed by atoms with van der Waals surface area (Å²) in [6.07, 6.45) is 8.09. The number of imidazole rings is 1. The Labute approximate surface area is 157 Å². The van der Waals surface area contributed by atoms with Crippen LogP contribution in [0.1, 0.15) is 50.3 Å². The van der Waals surface area contributed by atoms with Crippen LogP contribution < -0.4 is 0 Å². The molecular weight excluding hydrogens is 346 g/mol. The smallest absolute Gasteiger partial charge is 0.228 e. The molecule has 0 atom stereocenters. The van der Waals surface area contributed by atoms with Crippen LogP contribution >= 0.6 is 0 Å². The van der Waals surface area contributed by atoms with Crippen LogP contribution in [0.15, 0.2) is 41.7 Å². The lowest BCUT2D eigenvalue weighted by atomic mass is 9.94. The van der Waals surface area contributed by atoms with Gasteiger partial charge in [0.2, 0.25) is 15.0 Å². The van der Waals surface area contributed by atoms with Crippen molar-refractivity contribution >= 4 is 9.84 Å². The van der Waals surface area contributed by atoms with E-state index in [0.29, 0.717) is 12.6 Å². The number of benzene rings is 1. The van der Waals surface area contributed by atoms with E-state index >= 15 is 0 Å². The molecule has 142 valence electrons. The molecule has 0 saturated heterocycles. The van der Waals surface area contributed by atoms with Gasteiger partial charge < -0.3 is 4.57 Å². The van der Waals surface area contributed by atoms with E-state index in [9.17, 15) is 8.42 Å². The maximum Gasteiger partial charge on any atom is 0.228 e. The van der Waals surface area contributed by atoms with Crippen molar-refractivity contribution in [1.82, 2.24) is 14.5 Å². The fourth-order valence-corrected chi connectivity index (χ4v) is 4.73. The van der Waals surface area contributed by atoms with Gasteiger partial charge >= 0.3 is 0 Å². The molecule has 2 aromatic rings. The van der Waals surface area contributed by atoms with Gasteiger partial charge in [-0.15, -0.1) is 0 Å². The minimum atomic E-state index is -3.36. The number of sulfone groups is 1. The second-order valence-electron chi connectivity index (χ2n) is 7.21. The highest BCUT2D eigenvalue weighted by molar-refractivity contribution is 7.91. The van der Waals surface area contributed by atoms with E-state index in [4.69, 9.17) is 0 Å². The maximum atomic E-state index is 12.5. The molecular formula is C20H29N3O2S. The molecule has 0 N–H and O–H groups in total. The summed E-state index contributed by atoms with van der Waals surface area (Å²) in [6.45, 7) is 2.93. The van der Waals surface area contributed by atoms with E-state index in [1.807, 2.05) is 34.9 Å². The van der Waals surface area contributed by atoms with Gasteiger partial charge in [-0.3, -0.25) is 4.90 Å². The maximum absolute atomic E-state index is 12.5. The van der Waals surface area contributed by atoms with Gasteiger partial charge in [0, 0.05) is 12.6 Å². The second kappa shape index (κ2) is 8.35. The van der Waals surface area contributed by atoms with Crippen molar-refractivity contribution in [3.05, 3.63) is 47.8 Å². The van der Waals surface area contributed by atoms with Crippen LogP contribution in [0.25, 0.3) is 0 Å². The van der Waals surface area contributed by atoms with E-state index < -0.39 is 9.84 Å². The average molecular weight is 376 g/mol. The molecule has 6 heteroatoms. The van der Waals surface area contributed by atoms with Crippen LogP contribution in [-0.2, 0) is 22.9 Å². The van der Waals surface area contributed by atoms with Gasteiger partial charge in [-0.25, -0.2) is 13.4 Å². The highest BCUT2D eigenvalue weighted by atomic mass is 32.2. The van der Waals surface area contributed by atoms with E-state index in [2.05, 4.69) is 16.9 Å². The molecule has 0 spiro atoms. The predicted octanol–water partition coefficient (Wildman–Crippen LogP) is 3.49. The summed E-state index contributed by atoms with van der Waals surface area (Å²) in [6, 6.07) is 10.6. The first kappa shape index (κ1) is 19.1. The summed E-state index contributed by atoms with van der Waals surface area (Å²) in [5.74, 6) is 0.0662. The molecule has 3 rings (SSSR count). The minimum Gasteiger partial charge on any atom is -0.313 e. The van der Waals surface area contributed by atoms with Crippen molar-refractivity contribution in [2.45, 2.75) is 63.3 Å². The molecule has 5 nitrogen and oxygen atoms in total. The van der Waals surface area contributed by atoms with Crippen LogP contribution in [0, 0.1) is 0 Å². The fourth-order valence-electron chi connectivity index (χ4n) is 3.74. The Morgan fingerprint density at radius 2 is 1.85 bits per heavy atom. The molecule has 1 saturated carbocycles. The van der Waals surface area contributed by atoms with Crippen LogP contribution in [0.4, 0.5) is 0 Å². The van der Waals surface area contributed by atoms with E-state index in [-0.39, 0.29) is 10.9 Å². The Kier molecular flexibility index (Phi) is 6.14. The molecule has 0 aliphatic heterocycles. The summed E-state index contributed by atoms with van der Waals surface area (Å²) in [5.41, 5.74) is 2.05. The van der Waals surface area contributed by atoms with Gasteiger partial charge in [0.15, 0.2) is 0 Å².